The number of carbonyl (C=O) groups excluding carboxylic acids is 2. The Morgan fingerprint density at radius 2 is 1.65 bits per heavy atom. The number of benzene rings is 4. The molecule has 4 aromatic carbocycles. The Morgan fingerprint density at radius 3 is 2.31 bits per heavy atom. The molecule has 11 heteroatoms. The molecule has 0 aliphatic rings. The van der Waals surface area contributed by atoms with E-state index in [1.54, 1.807) is 42.5 Å². The molecule has 0 saturated heterocycles. The van der Waals surface area contributed by atoms with Gasteiger partial charge >= 0.3 is 0 Å². The van der Waals surface area contributed by atoms with Crippen LogP contribution in [0.3, 0.4) is 0 Å². The van der Waals surface area contributed by atoms with Crippen molar-refractivity contribution in [2.45, 2.75) is 64.5 Å². The quantitative estimate of drug-likeness (QED) is 0.158. The molecule has 4 rings (SSSR count). The van der Waals surface area contributed by atoms with Crippen LogP contribution >= 0.6 is 0 Å². The Morgan fingerprint density at radius 1 is 0.917 bits per heavy atom. The fourth-order valence-electron chi connectivity index (χ4n) is 5.31. The van der Waals surface area contributed by atoms with Crippen LogP contribution in [0.15, 0.2) is 83.8 Å². The number of amides is 2. The van der Waals surface area contributed by atoms with E-state index in [0.717, 1.165) is 22.8 Å². The summed E-state index contributed by atoms with van der Waals surface area (Å²) in [5.74, 6) is -3.10. The monoisotopic (exact) mass is 673 g/mol. The van der Waals surface area contributed by atoms with Crippen molar-refractivity contribution in [2.75, 3.05) is 0 Å². The van der Waals surface area contributed by atoms with Gasteiger partial charge < -0.3 is 10.1 Å². The second-order valence-electron chi connectivity index (χ2n) is 12.1. The lowest BCUT2D eigenvalue weighted by molar-refractivity contribution is -0.119. The third kappa shape index (κ3) is 9.72. The van der Waals surface area contributed by atoms with E-state index >= 15 is 0 Å². The standard InChI is InChI=1S/C37H37F2N3O5S/c1-23(2)14-35(29-16-24(3)15-25(4)17-29)41-37(44)32-19-27(22-47-30-7-5-6-26(18-30)21-40)8-9-28(32)10-13-36(43)42-48(45,46)31-11-12-33(38)34(39)20-31/h5-9,11-12,15-20,23,35H,10,13-14,22H2,1-4H3,(H,41,44)(H,42,43). The van der Waals surface area contributed by atoms with Crippen LogP contribution in [0.4, 0.5) is 8.78 Å². The molecule has 4 aromatic rings. The summed E-state index contributed by atoms with van der Waals surface area (Å²) in [6.45, 7) is 8.22. The average Bonchev–Trinajstić information content (AvgIpc) is 3.03. The Bertz CT molecular complexity index is 1950. The molecule has 48 heavy (non-hydrogen) atoms. The fraction of sp³-hybridized carbons (Fsp3) is 0.270. The van der Waals surface area contributed by atoms with Crippen LogP contribution < -0.4 is 14.8 Å². The van der Waals surface area contributed by atoms with Crippen LogP contribution in [0.2, 0.25) is 0 Å². The smallest absolute Gasteiger partial charge is 0.264 e. The lowest BCUT2D eigenvalue weighted by atomic mass is 9.93. The second-order valence-corrected chi connectivity index (χ2v) is 13.8. The minimum atomic E-state index is -4.46. The maximum Gasteiger partial charge on any atom is 0.264 e. The van der Waals surface area contributed by atoms with Crippen LogP contribution in [0.1, 0.15) is 76.5 Å². The number of carbonyl (C=O) groups is 2. The Kier molecular flexibility index (Phi) is 11.7. The van der Waals surface area contributed by atoms with Crippen molar-refractivity contribution in [2.24, 2.45) is 5.92 Å². The first-order valence-corrected chi connectivity index (χ1v) is 16.9. The molecule has 8 nitrogen and oxygen atoms in total. The molecule has 0 bridgehead atoms. The van der Waals surface area contributed by atoms with Gasteiger partial charge in [0.15, 0.2) is 11.6 Å². The molecule has 0 spiro atoms. The fourth-order valence-corrected chi connectivity index (χ4v) is 6.34. The SMILES string of the molecule is Cc1cc(C)cc(C(CC(C)C)NC(=O)c2cc(COc3cccc(C#N)c3)ccc2CCC(=O)NS(=O)(=O)c2ccc(F)c(F)c2)c1. The van der Waals surface area contributed by atoms with E-state index in [-0.39, 0.29) is 42.9 Å². The van der Waals surface area contributed by atoms with Crippen molar-refractivity contribution in [1.82, 2.24) is 10.0 Å². The van der Waals surface area contributed by atoms with Crippen LogP contribution in [0.5, 0.6) is 5.75 Å². The van der Waals surface area contributed by atoms with Gasteiger partial charge in [-0.3, -0.25) is 9.59 Å². The summed E-state index contributed by atoms with van der Waals surface area (Å²) < 4.78 is 60.0. The highest BCUT2D eigenvalue weighted by Crippen LogP contribution is 2.26. The molecule has 1 atom stereocenters. The summed E-state index contributed by atoms with van der Waals surface area (Å²) in [7, 11) is -4.46. The van der Waals surface area contributed by atoms with Crippen molar-refractivity contribution < 1.29 is 31.5 Å². The van der Waals surface area contributed by atoms with E-state index in [0.29, 0.717) is 41.0 Å². The van der Waals surface area contributed by atoms with E-state index in [9.17, 15) is 32.0 Å². The van der Waals surface area contributed by atoms with Crippen molar-refractivity contribution in [1.29, 1.82) is 5.26 Å². The highest BCUT2D eigenvalue weighted by molar-refractivity contribution is 7.90. The average molecular weight is 674 g/mol. The number of halogens is 2. The number of nitrogens with zero attached hydrogens (tertiary/aromatic N) is 1. The summed E-state index contributed by atoms with van der Waals surface area (Å²) in [6, 6.07) is 21.7. The van der Waals surface area contributed by atoms with Gasteiger partial charge in [0.2, 0.25) is 5.91 Å². The summed E-state index contributed by atoms with van der Waals surface area (Å²) in [6.07, 6.45) is 0.365. The van der Waals surface area contributed by atoms with E-state index in [1.165, 1.54) is 0 Å². The topological polar surface area (TPSA) is 125 Å². The molecule has 2 amide bonds. The first-order valence-electron chi connectivity index (χ1n) is 15.4. The number of nitriles is 1. The first-order chi connectivity index (χ1) is 22.7. The van der Waals surface area contributed by atoms with Crippen molar-refractivity contribution in [3.8, 4) is 11.8 Å². The molecule has 2 N–H and O–H groups in total. The number of rotatable bonds is 13. The van der Waals surface area contributed by atoms with Crippen LogP contribution in [0, 0.1) is 42.7 Å². The molecule has 0 radical (unpaired) electrons. The maximum atomic E-state index is 14.0. The highest BCUT2D eigenvalue weighted by atomic mass is 32.2. The van der Waals surface area contributed by atoms with Gasteiger partial charge in [-0.25, -0.2) is 21.9 Å². The summed E-state index contributed by atoms with van der Waals surface area (Å²) in [5, 5.41) is 12.4. The predicted molar refractivity (Wildman–Crippen MR) is 178 cm³/mol. The number of ether oxygens (including phenoxy) is 1. The molecule has 250 valence electrons. The van der Waals surface area contributed by atoms with Gasteiger partial charge in [0.1, 0.15) is 12.4 Å². The number of sulfonamides is 1. The predicted octanol–water partition coefficient (Wildman–Crippen LogP) is 6.99. The van der Waals surface area contributed by atoms with Crippen molar-refractivity contribution >= 4 is 21.8 Å². The molecule has 0 saturated carbocycles. The van der Waals surface area contributed by atoms with Crippen LogP contribution in [-0.2, 0) is 27.8 Å². The molecule has 1 unspecified atom stereocenters. The second kappa shape index (κ2) is 15.7. The van der Waals surface area contributed by atoms with Crippen molar-refractivity contribution in [3.63, 3.8) is 0 Å². The minimum Gasteiger partial charge on any atom is -0.489 e. The lowest BCUT2D eigenvalue weighted by Gasteiger charge is -2.23. The maximum absolute atomic E-state index is 14.0. The Hall–Kier alpha value is -5.08. The third-order valence-corrected chi connectivity index (χ3v) is 8.89. The van der Waals surface area contributed by atoms with Gasteiger partial charge in [0, 0.05) is 12.0 Å². The molecule has 0 aromatic heterocycles. The van der Waals surface area contributed by atoms with Gasteiger partial charge in [-0.15, -0.1) is 0 Å². The van der Waals surface area contributed by atoms with Crippen molar-refractivity contribution in [3.05, 3.63) is 129 Å². The van der Waals surface area contributed by atoms with Gasteiger partial charge in [-0.2, -0.15) is 5.26 Å². The largest absolute Gasteiger partial charge is 0.489 e. The third-order valence-electron chi connectivity index (χ3n) is 7.52. The first kappa shape index (κ1) is 35.8. The van der Waals surface area contributed by atoms with Crippen LogP contribution in [0.25, 0.3) is 0 Å². The van der Waals surface area contributed by atoms with E-state index < -0.39 is 32.5 Å². The zero-order valence-electron chi connectivity index (χ0n) is 27.1. The van der Waals surface area contributed by atoms with E-state index in [4.69, 9.17) is 4.74 Å². The van der Waals surface area contributed by atoms with Gasteiger partial charge in [0.05, 0.1) is 22.6 Å². The number of aryl methyl sites for hydroxylation is 3. The summed E-state index contributed by atoms with van der Waals surface area (Å²) in [4.78, 5) is 26.1. The van der Waals surface area contributed by atoms with Crippen LogP contribution in [-0.4, -0.2) is 20.2 Å². The van der Waals surface area contributed by atoms with E-state index in [1.807, 2.05) is 30.7 Å². The number of hydrogen-bond acceptors (Lipinski definition) is 6. The highest BCUT2D eigenvalue weighted by Gasteiger charge is 2.23. The Balaban J connectivity index is 1.59. The zero-order valence-corrected chi connectivity index (χ0v) is 28.0. The normalized spacial score (nSPS) is 11.9. The number of hydrogen-bond donors (Lipinski definition) is 2. The summed E-state index contributed by atoms with van der Waals surface area (Å²) in [5.41, 5.74) is 4.98. The molecule has 0 heterocycles. The van der Waals surface area contributed by atoms with Gasteiger partial charge in [-0.05, 0) is 91.8 Å². The van der Waals surface area contributed by atoms with E-state index in [2.05, 4.69) is 31.3 Å². The molecule has 0 fully saturated rings. The minimum absolute atomic E-state index is 0.00559. The molecular formula is C37H37F2N3O5S. The van der Waals surface area contributed by atoms with Gasteiger partial charge in [0.25, 0.3) is 15.9 Å². The molecule has 0 aliphatic carbocycles. The summed E-state index contributed by atoms with van der Waals surface area (Å²) >= 11 is 0. The lowest BCUT2D eigenvalue weighted by Crippen LogP contribution is -2.32. The number of nitrogens with one attached hydrogen (secondary N) is 2. The van der Waals surface area contributed by atoms with Gasteiger partial charge in [-0.1, -0.05) is 61.4 Å². The zero-order chi connectivity index (χ0) is 35.0. The molecule has 0 aliphatic heterocycles. The molecular weight excluding hydrogens is 636 g/mol. The Labute approximate surface area is 279 Å².